The maximum Gasteiger partial charge on any atom is 0.330 e. The predicted octanol–water partition coefficient (Wildman–Crippen LogP) is 27.5. The topological polar surface area (TPSA) is 253 Å². The van der Waals surface area contributed by atoms with Gasteiger partial charge in [-0.25, -0.2) is 67.1 Å². The van der Waals surface area contributed by atoms with Crippen LogP contribution in [-0.2, 0) is 91.4 Å². The van der Waals surface area contributed by atoms with Gasteiger partial charge >= 0.3 is 23.9 Å². The van der Waals surface area contributed by atoms with Crippen LogP contribution in [0.2, 0.25) is 0 Å². The van der Waals surface area contributed by atoms with Crippen molar-refractivity contribution >= 4 is 67.0 Å². The Morgan fingerprint density at radius 2 is 0.607 bits per heavy atom. The zero-order chi connectivity index (χ0) is 106. The number of benzene rings is 9. The summed E-state index contributed by atoms with van der Waals surface area (Å²) in [5, 5.41) is 8.92. The molecule has 26 heteroatoms. The van der Waals surface area contributed by atoms with Crippen LogP contribution < -0.4 is 23.7 Å². The van der Waals surface area contributed by atoms with E-state index in [1.165, 1.54) is 34.1 Å². The Morgan fingerprint density at radius 3 is 1.03 bits per heavy atom. The van der Waals surface area contributed by atoms with Gasteiger partial charge in [0.1, 0.15) is 97.0 Å². The van der Waals surface area contributed by atoms with Gasteiger partial charge in [-0.15, -0.1) is 26.3 Å². The lowest BCUT2D eigenvalue weighted by atomic mass is 9.71. The number of unbranched alkanes of at least 4 members (excludes halogenated alkanes) is 9. The van der Waals surface area contributed by atoms with E-state index in [0.717, 1.165) is 244 Å². The zero-order valence-electron chi connectivity index (χ0n) is 87.3. The number of hydrogen-bond donors (Lipinski definition) is 0. The molecular formula is C124H154F2O24. The van der Waals surface area contributed by atoms with E-state index < -0.39 is 35.5 Å². The second-order valence-corrected chi connectivity index (χ2v) is 38.8. The number of fused-ring (bicyclic) bond motifs is 4. The van der Waals surface area contributed by atoms with Crippen molar-refractivity contribution in [2.75, 3.05) is 112 Å². The summed E-state index contributed by atoms with van der Waals surface area (Å²) in [4.78, 5) is 87.0. The van der Waals surface area contributed by atoms with Gasteiger partial charge in [0.05, 0.1) is 84.9 Å². The summed E-state index contributed by atoms with van der Waals surface area (Å²) in [6.45, 7) is 36.4. The molecule has 9 unspecified atom stereocenters. The molecule has 150 heavy (non-hydrogen) atoms. The number of halogens is 2. The highest BCUT2D eigenvalue weighted by molar-refractivity contribution is 5.90. The van der Waals surface area contributed by atoms with Crippen molar-refractivity contribution in [2.24, 2.45) is 0 Å². The van der Waals surface area contributed by atoms with Crippen LogP contribution in [0.15, 0.2) is 271 Å². The van der Waals surface area contributed by atoms with Crippen molar-refractivity contribution in [2.45, 2.75) is 258 Å². The van der Waals surface area contributed by atoms with Gasteiger partial charge in [0, 0.05) is 81.3 Å². The standard InChI is InChI=1S/C34H45FO6.C34H42O6.C28H33FO6.C28H34O6/c1-3-19-40-41-32-12-8-7-11-22-39-34(32)18-17-30(31(35)25-34)28-14-13-27-24-29(16-15-26(27)23-28)37-20-9-5-6-10-21-38-33(36)4-2;1-3-21-39-40-25-12-8-7-9-22-36-32-18-15-28(16-19-32)29-13-14-31-27-33(20-17-30(31)26-29)37-23-10-5-6-11-24-38-34(35)4-2;1-3-13-34-35-26-11-16-33-28(26)12-10-24(25(29)19-28)22-7-6-21-18-23(9-8-20(21)17-22)31-14-5-15-32-27(30)4-2;1-3-15-33-34-26-12-18-32-28(26)13-10-21(11-14-28)22-6-7-24-20-25(9-8-23(24)19-22)30-16-5-17-31-27(29)4-2/h3-4,13-16,23-24,30-32H,1-2,5-12,17-22,25H2;3-4,13-20,26-27H,1-2,5-12,21-25H2;3-4,6-9,17-18,24-26H,1-2,5,10-16,19H2;3-4,6-9,19-21,26H,1-2,5,10-18H2. The Hall–Kier alpha value is -11.8. The van der Waals surface area contributed by atoms with Crippen LogP contribution in [0.1, 0.15) is 227 Å². The van der Waals surface area contributed by atoms with Crippen molar-refractivity contribution in [3.8, 4) is 39.9 Å². The Balaban J connectivity index is 0.000000178. The van der Waals surface area contributed by atoms with E-state index in [0.29, 0.717) is 150 Å². The molecule has 0 amide bonds. The van der Waals surface area contributed by atoms with Crippen LogP contribution >= 0.6 is 0 Å². The molecule has 3 saturated carbocycles. The zero-order valence-corrected chi connectivity index (χ0v) is 87.3. The lowest BCUT2D eigenvalue weighted by Gasteiger charge is -2.46. The molecule has 3 aliphatic heterocycles. The first-order chi connectivity index (χ1) is 73.4. The monoisotopic (exact) mass is 2070 g/mol. The lowest BCUT2D eigenvalue weighted by Crippen LogP contribution is -2.52. The molecule has 9 atom stereocenters. The Labute approximate surface area is 883 Å². The fourth-order valence-corrected chi connectivity index (χ4v) is 20.3. The molecule has 0 N–H and O–H groups in total. The fraction of sp³-hybridized carbons (Fsp3) is 0.468. The summed E-state index contributed by atoms with van der Waals surface area (Å²) in [7, 11) is 0. The summed E-state index contributed by atoms with van der Waals surface area (Å²) < 4.78 is 99.3. The number of carbonyl (C=O) groups is 4. The Kier molecular flexibility index (Phi) is 50.0. The van der Waals surface area contributed by atoms with E-state index >= 15 is 8.78 Å². The van der Waals surface area contributed by atoms with Gasteiger partial charge < -0.3 is 56.8 Å². The summed E-state index contributed by atoms with van der Waals surface area (Å²) >= 11 is 0. The van der Waals surface area contributed by atoms with Crippen LogP contribution in [-0.4, -0.2) is 184 Å². The maximum absolute atomic E-state index is 15.9. The second-order valence-electron chi connectivity index (χ2n) is 38.8. The largest absolute Gasteiger partial charge is 0.494 e. The third-order valence-corrected chi connectivity index (χ3v) is 28.3. The van der Waals surface area contributed by atoms with Crippen molar-refractivity contribution in [1.82, 2.24) is 0 Å². The summed E-state index contributed by atoms with van der Waals surface area (Å²) in [5.74, 6) is 2.75. The van der Waals surface area contributed by atoms with E-state index in [4.69, 9.17) is 95.9 Å². The number of alkyl halides is 2. The number of ether oxygens (including phenoxy) is 12. The van der Waals surface area contributed by atoms with E-state index in [1.807, 2.05) is 66.7 Å². The molecule has 808 valence electrons. The molecule has 9 aromatic carbocycles. The summed E-state index contributed by atoms with van der Waals surface area (Å²) in [5.41, 5.74) is 4.24. The SMILES string of the molecule is C=CCOOC1CCCCCOC12CCC(c1ccc3cc(OCCCCCCOC(=O)C=C)ccc3c1)C(F)C2.C=CCOOC1CCOC12CCC(c1ccc3cc(OCCCOC(=O)C=C)ccc3c1)C(F)C2.C=CCOOC1CCOC12CCC(c1ccc3cc(OCCCOC(=O)C=C)ccc3c1)CC2.C=CCOOCCCCCCOc1ccc(-c2ccc3cc(OCCCCCCOC(=O)C=C)ccc3c2)cc1. The average Bonchev–Trinajstić information content (AvgIpc) is 1.75. The van der Waals surface area contributed by atoms with Crippen LogP contribution in [0, 0.1) is 0 Å². The molecule has 9 aromatic rings. The summed E-state index contributed by atoms with van der Waals surface area (Å²) in [6.07, 6.45) is 34.8. The smallest absolute Gasteiger partial charge is 0.330 e. The molecule has 24 nitrogen and oxygen atoms in total. The van der Waals surface area contributed by atoms with E-state index in [2.05, 4.69) is 156 Å². The molecule has 3 spiro atoms. The fourth-order valence-electron chi connectivity index (χ4n) is 20.3. The molecule has 3 aliphatic carbocycles. The lowest BCUT2D eigenvalue weighted by molar-refractivity contribution is -0.357. The highest BCUT2D eigenvalue weighted by Gasteiger charge is 2.53. The Morgan fingerprint density at radius 1 is 0.287 bits per heavy atom. The first-order valence-electron chi connectivity index (χ1n) is 53.7. The van der Waals surface area contributed by atoms with Gasteiger partial charge in [0.2, 0.25) is 0 Å². The van der Waals surface area contributed by atoms with Crippen molar-refractivity contribution < 1.29 is 124 Å². The van der Waals surface area contributed by atoms with E-state index in [-0.39, 0.29) is 54.3 Å². The molecule has 6 fully saturated rings. The number of carbonyl (C=O) groups excluding carboxylic acids is 4. The van der Waals surface area contributed by atoms with E-state index in [1.54, 1.807) is 24.3 Å². The third-order valence-electron chi connectivity index (χ3n) is 28.3. The minimum atomic E-state index is -1.03. The van der Waals surface area contributed by atoms with Gasteiger partial charge in [0.15, 0.2) is 0 Å². The van der Waals surface area contributed by atoms with Gasteiger partial charge in [-0.05, 0) is 278 Å². The molecule has 0 bridgehead atoms. The van der Waals surface area contributed by atoms with Crippen LogP contribution in [0.3, 0.4) is 0 Å². The Bertz CT molecular complexity index is 5720. The number of esters is 4. The van der Waals surface area contributed by atoms with Gasteiger partial charge in [-0.3, -0.25) is 0 Å². The summed E-state index contributed by atoms with van der Waals surface area (Å²) in [6, 6.07) is 58.2. The predicted molar refractivity (Wildman–Crippen MR) is 581 cm³/mol. The third kappa shape index (κ3) is 37.1. The number of rotatable bonds is 57. The number of hydrogen-bond acceptors (Lipinski definition) is 24. The molecule has 0 aromatic heterocycles. The van der Waals surface area contributed by atoms with Gasteiger partial charge in [-0.2, -0.15) is 0 Å². The highest BCUT2D eigenvalue weighted by atomic mass is 19.1. The average molecular weight is 2070 g/mol. The van der Waals surface area contributed by atoms with Crippen molar-refractivity contribution in [3.05, 3.63) is 288 Å². The van der Waals surface area contributed by atoms with Gasteiger partial charge in [0.25, 0.3) is 0 Å². The highest BCUT2D eigenvalue weighted by Crippen LogP contribution is 2.51. The minimum Gasteiger partial charge on any atom is -0.494 e. The maximum atomic E-state index is 15.9. The van der Waals surface area contributed by atoms with Crippen LogP contribution in [0.5, 0.6) is 28.7 Å². The normalized spacial score (nSPS) is 21.2. The molecule has 3 saturated heterocycles. The molecule has 6 aliphatic rings. The van der Waals surface area contributed by atoms with Crippen molar-refractivity contribution in [3.63, 3.8) is 0 Å². The van der Waals surface area contributed by atoms with Crippen LogP contribution in [0.4, 0.5) is 8.78 Å². The van der Waals surface area contributed by atoms with E-state index in [9.17, 15) is 19.2 Å². The minimum absolute atomic E-state index is 0.00235. The second kappa shape index (κ2) is 64.2. The molecule has 15 rings (SSSR count). The van der Waals surface area contributed by atoms with Crippen LogP contribution in [0.25, 0.3) is 54.2 Å². The van der Waals surface area contributed by atoms with Crippen molar-refractivity contribution in [1.29, 1.82) is 0 Å². The quantitative estimate of drug-likeness (QED) is 0.00653. The van der Waals surface area contributed by atoms with Gasteiger partial charge in [-0.1, -0.05) is 173 Å². The first-order valence-corrected chi connectivity index (χ1v) is 53.7. The first kappa shape index (κ1) is 117. The molecule has 3 heterocycles. The molecule has 0 radical (unpaired) electrons. The molecular weight excluding hydrogens is 1910 g/mol.